The number of fused-ring (bicyclic) bond motifs is 3. The second-order valence-corrected chi connectivity index (χ2v) is 5.97. The second kappa shape index (κ2) is 6.13. The van der Waals surface area contributed by atoms with E-state index in [2.05, 4.69) is 11.4 Å². The minimum absolute atomic E-state index is 0.133. The molecule has 1 atom stereocenters. The largest absolute Gasteiger partial charge is 0.497 e. The lowest BCUT2D eigenvalue weighted by Crippen LogP contribution is -2.19. The van der Waals surface area contributed by atoms with Crippen LogP contribution in [0.1, 0.15) is 17.2 Å². The van der Waals surface area contributed by atoms with Crippen molar-refractivity contribution < 1.29 is 13.9 Å². The van der Waals surface area contributed by atoms with Gasteiger partial charge in [-0.15, -0.1) is 0 Å². The van der Waals surface area contributed by atoms with E-state index in [1.807, 2.05) is 30.3 Å². The van der Waals surface area contributed by atoms with Gasteiger partial charge in [0.25, 0.3) is 0 Å². The molecular formula is C21H18FNO2. The van der Waals surface area contributed by atoms with Crippen molar-refractivity contribution in [2.24, 2.45) is 0 Å². The van der Waals surface area contributed by atoms with Gasteiger partial charge in [-0.05, 0) is 35.4 Å². The Morgan fingerprint density at radius 1 is 0.880 bits per heavy atom. The van der Waals surface area contributed by atoms with E-state index in [1.54, 1.807) is 26.4 Å². The number of nitrogens with one attached hydrogen (secondary N) is 1. The Hall–Kier alpha value is -3.01. The van der Waals surface area contributed by atoms with Crippen molar-refractivity contribution in [3.63, 3.8) is 0 Å². The minimum atomic E-state index is -0.248. The van der Waals surface area contributed by atoms with Crippen molar-refractivity contribution in [3.05, 3.63) is 77.6 Å². The van der Waals surface area contributed by atoms with Gasteiger partial charge in [0.15, 0.2) is 0 Å². The van der Waals surface area contributed by atoms with E-state index in [9.17, 15) is 4.39 Å². The Morgan fingerprint density at radius 2 is 1.64 bits per heavy atom. The van der Waals surface area contributed by atoms with E-state index in [0.29, 0.717) is 0 Å². The van der Waals surface area contributed by atoms with Gasteiger partial charge in [-0.25, -0.2) is 4.39 Å². The van der Waals surface area contributed by atoms with Crippen LogP contribution in [-0.4, -0.2) is 14.2 Å². The van der Waals surface area contributed by atoms with Gasteiger partial charge in [0, 0.05) is 22.9 Å². The van der Waals surface area contributed by atoms with E-state index in [-0.39, 0.29) is 11.9 Å². The summed E-state index contributed by atoms with van der Waals surface area (Å²) in [4.78, 5) is 0. The lowest BCUT2D eigenvalue weighted by molar-refractivity contribution is 0.390. The molecule has 0 saturated heterocycles. The van der Waals surface area contributed by atoms with Crippen molar-refractivity contribution in [2.75, 3.05) is 19.5 Å². The quantitative estimate of drug-likeness (QED) is 0.728. The highest BCUT2D eigenvalue weighted by Crippen LogP contribution is 2.48. The predicted octanol–water partition coefficient (Wildman–Crippen LogP) is 5.02. The maximum Gasteiger partial charge on any atom is 0.128 e. The number of methoxy groups -OCH3 is 2. The molecule has 3 aromatic rings. The normalized spacial score (nSPS) is 14.9. The summed E-state index contributed by atoms with van der Waals surface area (Å²) in [5.74, 6) is 1.23. The van der Waals surface area contributed by atoms with Gasteiger partial charge in [0.2, 0.25) is 0 Å². The van der Waals surface area contributed by atoms with E-state index in [0.717, 1.165) is 39.4 Å². The van der Waals surface area contributed by atoms with Crippen molar-refractivity contribution >= 4 is 5.69 Å². The summed E-state index contributed by atoms with van der Waals surface area (Å²) < 4.78 is 24.5. The molecule has 1 aliphatic rings. The molecule has 0 amide bonds. The molecule has 0 radical (unpaired) electrons. The third kappa shape index (κ3) is 2.60. The van der Waals surface area contributed by atoms with Crippen LogP contribution in [0.3, 0.4) is 0 Å². The van der Waals surface area contributed by atoms with E-state index in [1.165, 1.54) is 12.1 Å². The lowest BCUT2D eigenvalue weighted by Gasteiger charge is -2.32. The summed E-state index contributed by atoms with van der Waals surface area (Å²) in [5, 5.41) is 3.56. The molecule has 0 unspecified atom stereocenters. The first-order valence-corrected chi connectivity index (χ1v) is 8.08. The summed E-state index contributed by atoms with van der Waals surface area (Å²) in [6, 6.07) is 18.4. The number of halogens is 1. The van der Waals surface area contributed by atoms with Crippen LogP contribution in [0.25, 0.3) is 11.1 Å². The fourth-order valence-electron chi connectivity index (χ4n) is 3.39. The standard InChI is InChI=1S/C21H18FNO2/c1-24-15-11-17-16-5-3-4-6-18(16)23-21(20(17)19(12-15)25-2)13-7-9-14(22)10-8-13/h3-12,21,23H,1-2H3/t21-/m0/s1. The summed E-state index contributed by atoms with van der Waals surface area (Å²) >= 11 is 0. The molecule has 0 bridgehead atoms. The average Bonchev–Trinajstić information content (AvgIpc) is 2.67. The van der Waals surface area contributed by atoms with Gasteiger partial charge in [-0.2, -0.15) is 0 Å². The van der Waals surface area contributed by atoms with E-state index < -0.39 is 0 Å². The predicted molar refractivity (Wildman–Crippen MR) is 96.8 cm³/mol. The van der Waals surface area contributed by atoms with Gasteiger partial charge in [0.1, 0.15) is 17.3 Å². The molecule has 126 valence electrons. The Balaban J connectivity index is 1.98. The number of ether oxygens (including phenoxy) is 2. The fourth-order valence-corrected chi connectivity index (χ4v) is 3.39. The Morgan fingerprint density at radius 3 is 2.36 bits per heavy atom. The van der Waals surface area contributed by atoms with Crippen LogP contribution in [-0.2, 0) is 0 Å². The van der Waals surface area contributed by atoms with Crippen LogP contribution < -0.4 is 14.8 Å². The molecule has 25 heavy (non-hydrogen) atoms. The first-order valence-electron chi connectivity index (χ1n) is 8.08. The Kier molecular flexibility index (Phi) is 3.80. The molecule has 4 rings (SSSR count). The van der Waals surface area contributed by atoms with Crippen molar-refractivity contribution in [2.45, 2.75) is 6.04 Å². The molecule has 1 N–H and O–H groups in total. The topological polar surface area (TPSA) is 30.5 Å². The monoisotopic (exact) mass is 335 g/mol. The lowest BCUT2D eigenvalue weighted by atomic mass is 9.85. The molecule has 4 heteroatoms. The van der Waals surface area contributed by atoms with E-state index >= 15 is 0 Å². The molecule has 0 fully saturated rings. The van der Waals surface area contributed by atoms with Crippen molar-refractivity contribution in [1.82, 2.24) is 0 Å². The fraction of sp³-hybridized carbons (Fsp3) is 0.143. The van der Waals surface area contributed by atoms with Crippen LogP contribution in [0, 0.1) is 5.82 Å². The van der Waals surface area contributed by atoms with Crippen LogP contribution in [0.5, 0.6) is 11.5 Å². The van der Waals surface area contributed by atoms with Gasteiger partial charge in [-0.3, -0.25) is 0 Å². The summed E-state index contributed by atoms with van der Waals surface area (Å²) in [6.45, 7) is 0. The molecule has 0 aromatic heterocycles. The molecule has 0 aliphatic carbocycles. The van der Waals surface area contributed by atoms with Gasteiger partial charge < -0.3 is 14.8 Å². The van der Waals surface area contributed by atoms with Crippen LogP contribution >= 0.6 is 0 Å². The van der Waals surface area contributed by atoms with Crippen molar-refractivity contribution in [1.29, 1.82) is 0 Å². The molecule has 3 aromatic carbocycles. The number of rotatable bonds is 3. The van der Waals surface area contributed by atoms with Crippen molar-refractivity contribution in [3.8, 4) is 22.6 Å². The first kappa shape index (κ1) is 15.5. The summed E-state index contributed by atoms with van der Waals surface area (Å²) in [5.41, 5.74) is 5.17. The van der Waals surface area contributed by atoms with Gasteiger partial charge >= 0.3 is 0 Å². The Bertz CT molecular complexity index is 922. The zero-order valence-corrected chi connectivity index (χ0v) is 14.0. The van der Waals surface area contributed by atoms with Gasteiger partial charge in [-0.1, -0.05) is 30.3 Å². The summed E-state index contributed by atoms with van der Waals surface area (Å²) in [6.07, 6.45) is 0. The highest BCUT2D eigenvalue weighted by Gasteiger charge is 2.29. The highest BCUT2D eigenvalue weighted by atomic mass is 19.1. The molecule has 1 heterocycles. The second-order valence-electron chi connectivity index (χ2n) is 5.97. The van der Waals surface area contributed by atoms with Crippen LogP contribution in [0.15, 0.2) is 60.7 Å². The average molecular weight is 335 g/mol. The SMILES string of the molecule is COc1cc(OC)c2c(c1)-c1ccccc1N[C@H]2c1ccc(F)cc1. The Labute approximate surface area is 146 Å². The van der Waals surface area contributed by atoms with Crippen LogP contribution in [0.4, 0.5) is 10.1 Å². The number of para-hydroxylation sites is 1. The number of anilines is 1. The first-order chi connectivity index (χ1) is 12.2. The number of hydrogen-bond donors (Lipinski definition) is 1. The molecule has 3 nitrogen and oxygen atoms in total. The molecule has 0 saturated carbocycles. The maximum atomic E-state index is 13.4. The zero-order valence-electron chi connectivity index (χ0n) is 14.0. The number of hydrogen-bond acceptors (Lipinski definition) is 3. The minimum Gasteiger partial charge on any atom is -0.497 e. The third-order valence-electron chi connectivity index (χ3n) is 4.58. The molecule has 0 spiro atoms. The highest BCUT2D eigenvalue weighted by molar-refractivity contribution is 5.87. The third-order valence-corrected chi connectivity index (χ3v) is 4.58. The molecular weight excluding hydrogens is 317 g/mol. The maximum absolute atomic E-state index is 13.4. The van der Waals surface area contributed by atoms with E-state index in [4.69, 9.17) is 9.47 Å². The smallest absolute Gasteiger partial charge is 0.128 e. The zero-order chi connectivity index (χ0) is 17.4. The van der Waals surface area contributed by atoms with Crippen LogP contribution in [0.2, 0.25) is 0 Å². The summed E-state index contributed by atoms with van der Waals surface area (Å²) in [7, 11) is 3.29. The number of benzene rings is 3. The molecule has 1 aliphatic heterocycles. The van der Waals surface area contributed by atoms with Gasteiger partial charge in [0.05, 0.1) is 20.3 Å².